The van der Waals surface area contributed by atoms with Crippen molar-refractivity contribution in [1.82, 2.24) is 9.97 Å². The van der Waals surface area contributed by atoms with Gasteiger partial charge in [-0.15, -0.1) is 0 Å². The summed E-state index contributed by atoms with van der Waals surface area (Å²) in [5.41, 5.74) is 3.24. The lowest BCUT2D eigenvalue weighted by Gasteiger charge is -2.11. The van der Waals surface area contributed by atoms with Crippen molar-refractivity contribution in [3.05, 3.63) is 66.2 Å². The van der Waals surface area contributed by atoms with Crippen LogP contribution in [-0.2, 0) is 0 Å². The maximum absolute atomic E-state index is 4.67. The molecule has 0 amide bonds. The first-order chi connectivity index (χ1) is 11.7. The average molecular weight is 318 g/mol. The van der Waals surface area contributed by atoms with Crippen LogP contribution in [0.3, 0.4) is 0 Å². The predicted octanol–water partition coefficient (Wildman–Crippen LogP) is 5.02. The third-order valence-corrected chi connectivity index (χ3v) is 3.60. The minimum absolute atomic E-state index is 0.715. The molecule has 4 heteroatoms. The smallest absolute Gasteiger partial charge is 0.163 e. The molecule has 3 rings (SSSR count). The summed E-state index contributed by atoms with van der Waals surface area (Å²) in [6, 6.07) is 20.2. The van der Waals surface area contributed by atoms with Gasteiger partial charge in [0.1, 0.15) is 11.6 Å². The highest BCUT2D eigenvalue weighted by Gasteiger charge is 2.07. The van der Waals surface area contributed by atoms with Gasteiger partial charge in [0.25, 0.3) is 0 Å². The molecule has 0 unspecified atom stereocenters. The second kappa shape index (κ2) is 7.59. The summed E-state index contributed by atoms with van der Waals surface area (Å²) >= 11 is 0. The third-order valence-electron chi connectivity index (χ3n) is 3.60. The quantitative estimate of drug-likeness (QED) is 0.670. The first-order valence-electron chi connectivity index (χ1n) is 8.26. The SMILES string of the molecule is CCCNc1cc(Nc2cccc(C)c2)nc(-c2ccccc2)n1. The van der Waals surface area contributed by atoms with Crippen molar-refractivity contribution in [2.24, 2.45) is 0 Å². The van der Waals surface area contributed by atoms with Crippen LogP contribution < -0.4 is 10.6 Å². The summed E-state index contributed by atoms with van der Waals surface area (Å²) in [5.74, 6) is 2.33. The van der Waals surface area contributed by atoms with E-state index in [2.05, 4.69) is 46.6 Å². The second-order valence-electron chi connectivity index (χ2n) is 5.75. The Morgan fingerprint density at radius 2 is 1.67 bits per heavy atom. The molecule has 0 radical (unpaired) electrons. The average Bonchev–Trinajstić information content (AvgIpc) is 2.60. The van der Waals surface area contributed by atoms with Crippen LogP contribution in [0.2, 0.25) is 0 Å². The highest BCUT2D eigenvalue weighted by molar-refractivity contribution is 5.65. The van der Waals surface area contributed by atoms with Gasteiger partial charge in [0.05, 0.1) is 0 Å². The monoisotopic (exact) mass is 318 g/mol. The molecule has 4 nitrogen and oxygen atoms in total. The minimum atomic E-state index is 0.715. The van der Waals surface area contributed by atoms with Gasteiger partial charge in [0.2, 0.25) is 0 Å². The molecule has 0 saturated heterocycles. The van der Waals surface area contributed by atoms with Crippen molar-refractivity contribution in [3.8, 4) is 11.4 Å². The van der Waals surface area contributed by atoms with E-state index in [1.54, 1.807) is 0 Å². The van der Waals surface area contributed by atoms with Crippen LogP contribution in [-0.4, -0.2) is 16.5 Å². The van der Waals surface area contributed by atoms with Gasteiger partial charge in [0, 0.05) is 23.9 Å². The molecule has 24 heavy (non-hydrogen) atoms. The van der Waals surface area contributed by atoms with Crippen LogP contribution in [0.1, 0.15) is 18.9 Å². The Hall–Kier alpha value is -2.88. The van der Waals surface area contributed by atoms with Gasteiger partial charge in [-0.3, -0.25) is 0 Å². The van der Waals surface area contributed by atoms with Crippen molar-refractivity contribution < 1.29 is 0 Å². The lowest BCUT2D eigenvalue weighted by Crippen LogP contribution is -2.05. The summed E-state index contributed by atoms with van der Waals surface area (Å²) in [5, 5.41) is 6.73. The van der Waals surface area contributed by atoms with Crippen LogP contribution >= 0.6 is 0 Å². The molecule has 1 aromatic heterocycles. The largest absolute Gasteiger partial charge is 0.370 e. The molecule has 1 heterocycles. The van der Waals surface area contributed by atoms with E-state index in [0.717, 1.165) is 35.9 Å². The molecule has 0 aliphatic rings. The highest BCUT2D eigenvalue weighted by Crippen LogP contribution is 2.23. The summed E-state index contributed by atoms with van der Waals surface area (Å²) in [7, 11) is 0. The van der Waals surface area contributed by atoms with E-state index >= 15 is 0 Å². The molecule has 0 aliphatic heterocycles. The first-order valence-corrected chi connectivity index (χ1v) is 8.26. The van der Waals surface area contributed by atoms with Gasteiger partial charge in [-0.2, -0.15) is 0 Å². The maximum Gasteiger partial charge on any atom is 0.163 e. The standard InChI is InChI=1S/C20H22N4/c1-3-12-21-18-14-19(22-17-11-7-8-15(2)13-17)24-20(23-18)16-9-5-4-6-10-16/h4-11,13-14H,3,12H2,1-2H3,(H2,21,22,23,24). The number of aromatic nitrogens is 2. The lowest BCUT2D eigenvalue weighted by molar-refractivity contribution is 0.966. The van der Waals surface area contributed by atoms with Crippen LogP contribution in [0.15, 0.2) is 60.7 Å². The van der Waals surface area contributed by atoms with Crippen LogP contribution in [0.4, 0.5) is 17.3 Å². The molecule has 3 aromatic rings. The number of anilines is 3. The van der Waals surface area contributed by atoms with Crippen molar-refractivity contribution in [1.29, 1.82) is 0 Å². The fraction of sp³-hybridized carbons (Fsp3) is 0.200. The number of hydrogen-bond donors (Lipinski definition) is 2. The fourth-order valence-electron chi connectivity index (χ4n) is 2.44. The van der Waals surface area contributed by atoms with Crippen molar-refractivity contribution in [3.63, 3.8) is 0 Å². The minimum Gasteiger partial charge on any atom is -0.370 e. The van der Waals surface area contributed by atoms with Crippen molar-refractivity contribution >= 4 is 17.3 Å². The predicted molar refractivity (Wildman–Crippen MR) is 101 cm³/mol. The van der Waals surface area contributed by atoms with E-state index in [-0.39, 0.29) is 0 Å². The molecule has 0 aliphatic carbocycles. The molecule has 0 fully saturated rings. The van der Waals surface area contributed by atoms with Crippen LogP contribution in [0.25, 0.3) is 11.4 Å². The Labute approximate surface area is 143 Å². The Bertz CT molecular complexity index is 800. The molecule has 0 spiro atoms. The molecule has 0 bridgehead atoms. The number of aryl methyl sites for hydroxylation is 1. The normalized spacial score (nSPS) is 10.4. The van der Waals surface area contributed by atoms with E-state index in [1.165, 1.54) is 5.56 Å². The zero-order valence-corrected chi connectivity index (χ0v) is 14.1. The molecule has 0 saturated carbocycles. The number of nitrogens with zero attached hydrogens (tertiary/aromatic N) is 2. The molecule has 0 atom stereocenters. The van der Waals surface area contributed by atoms with Crippen molar-refractivity contribution in [2.75, 3.05) is 17.2 Å². The Morgan fingerprint density at radius 3 is 2.42 bits per heavy atom. The highest BCUT2D eigenvalue weighted by atomic mass is 15.1. The van der Waals surface area contributed by atoms with E-state index < -0.39 is 0 Å². The Morgan fingerprint density at radius 1 is 0.875 bits per heavy atom. The maximum atomic E-state index is 4.67. The van der Waals surface area contributed by atoms with Crippen LogP contribution in [0, 0.1) is 6.92 Å². The van der Waals surface area contributed by atoms with Crippen molar-refractivity contribution in [2.45, 2.75) is 20.3 Å². The number of rotatable bonds is 6. The summed E-state index contributed by atoms with van der Waals surface area (Å²) in [6.07, 6.45) is 1.05. The Kier molecular flexibility index (Phi) is 5.06. The number of hydrogen-bond acceptors (Lipinski definition) is 4. The van der Waals surface area contributed by atoms with Gasteiger partial charge in [0.15, 0.2) is 5.82 Å². The van der Waals surface area contributed by atoms with Crippen LogP contribution in [0.5, 0.6) is 0 Å². The third kappa shape index (κ3) is 4.10. The van der Waals surface area contributed by atoms with Gasteiger partial charge < -0.3 is 10.6 Å². The fourth-order valence-corrected chi connectivity index (χ4v) is 2.44. The number of nitrogens with one attached hydrogen (secondary N) is 2. The molecule has 2 N–H and O–H groups in total. The first kappa shape index (κ1) is 16.0. The molecular formula is C20H22N4. The molecule has 2 aromatic carbocycles. The summed E-state index contributed by atoms with van der Waals surface area (Å²) in [6.45, 7) is 5.10. The van der Waals surface area contributed by atoms with E-state index in [4.69, 9.17) is 0 Å². The van der Waals surface area contributed by atoms with E-state index in [0.29, 0.717) is 5.82 Å². The molecule has 122 valence electrons. The molecular weight excluding hydrogens is 296 g/mol. The van der Waals surface area contributed by atoms with Gasteiger partial charge >= 0.3 is 0 Å². The van der Waals surface area contributed by atoms with Gasteiger partial charge in [-0.05, 0) is 31.0 Å². The summed E-state index contributed by atoms with van der Waals surface area (Å²) in [4.78, 5) is 9.31. The zero-order chi connectivity index (χ0) is 16.8. The lowest BCUT2D eigenvalue weighted by atomic mass is 10.2. The zero-order valence-electron chi connectivity index (χ0n) is 14.1. The van der Waals surface area contributed by atoms with E-state index in [9.17, 15) is 0 Å². The Balaban J connectivity index is 1.95. The summed E-state index contributed by atoms with van der Waals surface area (Å²) < 4.78 is 0. The van der Waals surface area contributed by atoms with E-state index in [1.807, 2.05) is 48.5 Å². The van der Waals surface area contributed by atoms with Gasteiger partial charge in [-0.1, -0.05) is 49.4 Å². The second-order valence-corrected chi connectivity index (χ2v) is 5.75. The topological polar surface area (TPSA) is 49.8 Å². The number of benzene rings is 2. The van der Waals surface area contributed by atoms with Gasteiger partial charge in [-0.25, -0.2) is 9.97 Å².